The van der Waals surface area contributed by atoms with Gasteiger partial charge in [-0.05, 0) is 25.7 Å². The molecule has 0 unspecified atom stereocenters. The van der Waals surface area contributed by atoms with Gasteiger partial charge in [0, 0.05) is 12.2 Å². The molecule has 0 aromatic carbocycles. The lowest BCUT2D eigenvalue weighted by molar-refractivity contribution is -0.132. The molecule has 0 saturated heterocycles. The van der Waals surface area contributed by atoms with Crippen molar-refractivity contribution in [3.05, 3.63) is 60.8 Å². The first-order valence-electron chi connectivity index (χ1n) is 18.3. The van der Waals surface area contributed by atoms with Gasteiger partial charge in [-0.1, -0.05) is 204 Å². The number of unbranched alkanes of at least 4 members (excludes halogenated alkanes) is 24. The van der Waals surface area contributed by atoms with Crippen molar-refractivity contribution in [3.63, 3.8) is 0 Å². The van der Waals surface area contributed by atoms with Gasteiger partial charge in [0.1, 0.15) is 0 Å². The molecule has 2 N–H and O–H groups in total. The van der Waals surface area contributed by atoms with Crippen LogP contribution in [-0.2, 0) is 9.59 Å². The van der Waals surface area contributed by atoms with Crippen molar-refractivity contribution < 1.29 is 19.8 Å². The highest BCUT2D eigenvalue weighted by Crippen LogP contribution is 2.14. The van der Waals surface area contributed by atoms with Crippen molar-refractivity contribution in [2.45, 2.75) is 181 Å². The van der Waals surface area contributed by atoms with Crippen molar-refractivity contribution in [3.8, 4) is 0 Å². The van der Waals surface area contributed by atoms with Gasteiger partial charge in [-0.2, -0.15) is 0 Å². The Morgan fingerprint density at radius 3 is 0.932 bits per heavy atom. The van der Waals surface area contributed by atoms with E-state index in [0.717, 1.165) is 18.9 Å². The van der Waals surface area contributed by atoms with E-state index >= 15 is 0 Å². The minimum Gasteiger partial charge on any atom is -0.478 e. The molecular formula is C40H70O4. The Morgan fingerprint density at radius 2 is 0.614 bits per heavy atom. The maximum absolute atomic E-state index is 10.2. The van der Waals surface area contributed by atoms with E-state index in [2.05, 4.69) is 26.0 Å². The monoisotopic (exact) mass is 615 g/mol. The van der Waals surface area contributed by atoms with E-state index in [-0.39, 0.29) is 0 Å². The van der Waals surface area contributed by atoms with Crippen LogP contribution in [0.1, 0.15) is 181 Å². The first-order chi connectivity index (χ1) is 21.5. The summed E-state index contributed by atoms with van der Waals surface area (Å²) in [5.74, 6) is -1.79. The van der Waals surface area contributed by atoms with Gasteiger partial charge < -0.3 is 10.2 Å². The molecule has 0 atom stereocenters. The third-order valence-electron chi connectivity index (χ3n) is 7.64. The van der Waals surface area contributed by atoms with Gasteiger partial charge in [-0.25, -0.2) is 9.59 Å². The maximum Gasteiger partial charge on any atom is 0.328 e. The minimum absolute atomic E-state index is 0.884. The average Bonchev–Trinajstić information content (AvgIpc) is 3.00. The predicted octanol–water partition coefficient (Wildman–Crippen LogP) is 13.1. The van der Waals surface area contributed by atoms with E-state index in [0.29, 0.717) is 0 Å². The van der Waals surface area contributed by atoms with E-state index < -0.39 is 11.9 Å². The Balaban J connectivity index is 0. The topological polar surface area (TPSA) is 74.6 Å². The number of allylic oxidation sites excluding steroid dienone is 8. The number of hydrogen-bond acceptors (Lipinski definition) is 2. The van der Waals surface area contributed by atoms with Crippen LogP contribution in [0.2, 0.25) is 0 Å². The molecule has 0 saturated carbocycles. The van der Waals surface area contributed by atoms with Gasteiger partial charge >= 0.3 is 11.9 Å². The number of hydrogen-bond donors (Lipinski definition) is 2. The summed E-state index contributed by atoms with van der Waals surface area (Å²) in [7, 11) is 0. The molecule has 0 aromatic rings. The van der Waals surface area contributed by atoms with Gasteiger partial charge in [0.05, 0.1) is 0 Å². The maximum atomic E-state index is 10.2. The molecule has 4 heteroatoms. The molecule has 0 aliphatic rings. The molecule has 254 valence electrons. The Bertz CT molecular complexity index is 744. The van der Waals surface area contributed by atoms with E-state index in [1.807, 2.05) is 18.2 Å². The molecule has 0 rings (SSSR count). The molecule has 0 aromatic heterocycles. The van der Waals surface area contributed by atoms with Crippen LogP contribution in [-0.4, -0.2) is 22.2 Å². The van der Waals surface area contributed by atoms with Crippen molar-refractivity contribution in [2.75, 3.05) is 0 Å². The summed E-state index contributed by atoms with van der Waals surface area (Å²) in [6.07, 6.45) is 52.3. The summed E-state index contributed by atoms with van der Waals surface area (Å²) in [6.45, 7) is 4.54. The average molecular weight is 615 g/mol. The van der Waals surface area contributed by atoms with Gasteiger partial charge in [-0.15, -0.1) is 0 Å². The van der Waals surface area contributed by atoms with E-state index in [1.54, 1.807) is 12.2 Å². The van der Waals surface area contributed by atoms with E-state index in [9.17, 15) is 9.59 Å². The molecular weight excluding hydrogens is 544 g/mol. The summed E-state index contributed by atoms with van der Waals surface area (Å²) in [5, 5.41) is 16.8. The van der Waals surface area contributed by atoms with E-state index in [4.69, 9.17) is 10.2 Å². The molecule has 0 fully saturated rings. The SMILES string of the molecule is CCCCCCCCCCCCCC=CC=CC=CC(=O)O.CCCCCCCCCCCCCCCC=CC=CC(=O)O. The first-order valence-corrected chi connectivity index (χ1v) is 18.3. The zero-order valence-corrected chi connectivity index (χ0v) is 28.9. The van der Waals surface area contributed by atoms with E-state index in [1.165, 1.54) is 166 Å². The highest BCUT2D eigenvalue weighted by Gasteiger charge is 1.94. The molecule has 0 aliphatic carbocycles. The quantitative estimate of drug-likeness (QED) is 0.0463. The van der Waals surface area contributed by atoms with Crippen LogP contribution in [0.3, 0.4) is 0 Å². The number of carboxylic acids is 2. The van der Waals surface area contributed by atoms with Gasteiger partial charge in [0.15, 0.2) is 0 Å². The number of aliphatic carboxylic acids is 2. The van der Waals surface area contributed by atoms with Crippen LogP contribution in [0, 0.1) is 0 Å². The van der Waals surface area contributed by atoms with Gasteiger partial charge in [0.2, 0.25) is 0 Å². The summed E-state index contributed by atoms with van der Waals surface area (Å²) in [6, 6.07) is 0. The number of carbonyl (C=O) groups is 2. The van der Waals surface area contributed by atoms with Crippen molar-refractivity contribution in [2.24, 2.45) is 0 Å². The van der Waals surface area contributed by atoms with Crippen LogP contribution in [0.4, 0.5) is 0 Å². The second-order valence-corrected chi connectivity index (χ2v) is 12.0. The van der Waals surface area contributed by atoms with Crippen molar-refractivity contribution >= 4 is 11.9 Å². The Labute approximate surface area is 272 Å². The third-order valence-corrected chi connectivity index (χ3v) is 7.64. The smallest absolute Gasteiger partial charge is 0.328 e. The molecule has 4 nitrogen and oxygen atoms in total. The molecule has 0 amide bonds. The normalized spacial score (nSPS) is 11.9. The molecule has 0 heterocycles. The standard InChI is InChI=1S/C20H36O2.C20H34O2/c2*1-2-3-4-5-6-7-8-9-10-11-12-13-14-15-16-17-18-19-20(21)22/h16-19H,2-15H2,1H3,(H,21,22);14-19H,2-13H2,1H3,(H,21,22). The summed E-state index contributed by atoms with van der Waals surface area (Å²) >= 11 is 0. The summed E-state index contributed by atoms with van der Waals surface area (Å²) < 4.78 is 0. The molecule has 0 bridgehead atoms. The summed E-state index contributed by atoms with van der Waals surface area (Å²) in [4.78, 5) is 20.5. The molecule has 0 aliphatic heterocycles. The zero-order valence-electron chi connectivity index (χ0n) is 28.9. The fourth-order valence-corrected chi connectivity index (χ4v) is 4.96. The Hall–Kier alpha value is -2.36. The lowest BCUT2D eigenvalue weighted by Gasteiger charge is -2.02. The number of rotatable bonds is 31. The predicted molar refractivity (Wildman–Crippen MR) is 192 cm³/mol. The van der Waals surface area contributed by atoms with Crippen molar-refractivity contribution in [1.29, 1.82) is 0 Å². The van der Waals surface area contributed by atoms with Crippen LogP contribution in [0.5, 0.6) is 0 Å². The van der Waals surface area contributed by atoms with Crippen LogP contribution in [0.25, 0.3) is 0 Å². The fraction of sp³-hybridized carbons (Fsp3) is 0.700. The molecule has 0 radical (unpaired) electrons. The largest absolute Gasteiger partial charge is 0.478 e. The minimum atomic E-state index is -0.908. The number of carboxylic acid groups (broad SMARTS) is 2. The fourth-order valence-electron chi connectivity index (χ4n) is 4.96. The molecule has 44 heavy (non-hydrogen) atoms. The Morgan fingerprint density at radius 1 is 0.364 bits per heavy atom. The summed E-state index contributed by atoms with van der Waals surface area (Å²) in [5.41, 5.74) is 0. The van der Waals surface area contributed by atoms with Gasteiger partial charge in [0.25, 0.3) is 0 Å². The lowest BCUT2D eigenvalue weighted by Crippen LogP contribution is -1.84. The highest BCUT2D eigenvalue weighted by molar-refractivity contribution is 5.80. The van der Waals surface area contributed by atoms with Crippen LogP contribution >= 0.6 is 0 Å². The van der Waals surface area contributed by atoms with Gasteiger partial charge in [-0.3, -0.25) is 0 Å². The second kappa shape index (κ2) is 40.6. The Kier molecular flexibility index (Phi) is 40.4. The lowest BCUT2D eigenvalue weighted by atomic mass is 10.0. The van der Waals surface area contributed by atoms with Crippen LogP contribution < -0.4 is 0 Å². The zero-order chi connectivity index (χ0) is 32.6. The molecule has 0 spiro atoms. The highest BCUT2D eigenvalue weighted by atomic mass is 16.4. The second-order valence-electron chi connectivity index (χ2n) is 12.0. The van der Waals surface area contributed by atoms with Crippen molar-refractivity contribution in [1.82, 2.24) is 0 Å². The van der Waals surface area contributed by atoms with Crippen LogP contribution in [0.15, 0.2) is 60.8 Å². The first kappa shape index (κ1) is 43.8. The third kappa shape index (κ3) is 46.6.